The highest BCUT2D eigenvalue weighted by atomic mass is 16.7. The van der Waals surface area contributed by atoms with Crippen molar-refractivity contribution in [2.24, 2.45) is 0 Å². The SMILES string of the molecule is CC1OC(OC2CCC(OC3C(O)CC(c4ccc5c(c4O)C(=O)c4ccc6c(c4C5=O)C(=O)CC(C)(O)C6)OC3C)OC2C)CCC1=O. The summed E-state index contributed by atoms with van der Waals surface area (Å²) in [5.74, 6) is -1.89. The van der Waals surface area contributed by atoms with Gasteiger partial charge in [0.15, 0.2) is 35.7 Å². The Balaban J connectivity index is 1.03. The summed E-state index contributed by atoms with van der Waals surface area (Å²) in [6.07, 6.45) is -3.20. The average molecular weight is 679 g/mol. The normalized spacial score (nSPS) is 36.2. The Hall–Kier alpha value is -3.36. The van der Waals surface area contributed by atoms with E-state index in [-0.39, 0.29) is 70.6 Å². The van der Waals surface area contributed by atoms with E-state index in [1.165, 1.54) is 18.2 Å². The molecular formula is C37H42O12. The monoisotopic (exact) mass is 678 g/mol. The summed E-state index contributed by atoms with van der Waals surface area (Å²) in [4.78, 5) is 52.4. The molecule has 12 nitrogen and oxygen atoms in total. The molecule has 0 saturated carbocycles. The number of carbonyl (C=O) groups is 4. The largest absolute Gasteiger partial charge is 0.507 e. The lowest BCUT2D eigenvalue weighted by Gasteiger charge is -2.42. The second-order valence-corrected chi connectivity index (χ2v) is 14.3. The molecular weight excluding hydrogens is 636 g/mol. The molecule has 0 spiro atoms. The van der Waals surface area contributed by atoms with Gasteiger partial charge in [0.25, 0.3) is 0 Å². The van der Waals surface area contributed by atoms with Gasteiger partial charge in [0.2, 0.25) is 0 Å². The standard InChI is InChI=1S/C37H42O12/c1-16-23(38)9-11-28(46-16)48-26-10-12-29(47-17(26)2)49-36-18(3)45-27(13-24(36)39)20-7-8-22-32(33(20)41)35(43)21-6-5-19-14-37(4,44)15-25(40)30(19)31(21)34(22)42/h5-8,16-18,24,26-29,36,39,41,44H,9-15H2,1-4H3. The Morgan fingerprint density at radius 1 is 0.796 bits per heavy atom. The number of aliphatic hydroxyl groups is 2. The minimum absolute atomic E-state index is 0.00569. The summed E-state index contributed by atoms with van der Waals surface area (Å²) in [6.45, 7) is 6.91. The molecule has 0 radical (unpaired) electrons. The molecule has 0 aromatic heterocycles. The number of fused-ring (bicyclic) bond motifs is 4. The Kier molecular flexibility index (Phi) is 8.88. The van der Waals surface area contributed by atoms with Crippen LogP contribution in [0.4, 0.5) is 0 Å². The molecule has 2 aliphatic carbocycles. The van der Waals surface area contributed by atoms with E-state index in [0.29, 0.717) is 31.2 Å². The highest BCUT2D eigenvalue weighted by Crippen LogP contribution is 2.44. The van der Waals surface area contributed by atoms with Gasteiger partial charge in [0.05, 0.1) is 41.7 Å². The highest BCUT2D eigenvalue weighted by Gasteiger charge is 2.44. The van der Waals surface area contributed by atoms with E-state index in [0.717, 1.165) is 0 Å². The van der Waals surface area contributed by atoms with Gasteiger partial charge in [0, 0.05) is 66.3 Å². The molecule has 2 aromatic rings. The van der Waals surface area contributed by atoms with Crippen molar-refractivity contribution in [3.63, 3.8) is 0 Å². The van der Waals surface area contributed by atoms with E-state index < -0.39 is 71.8 Å². The van der Waals surface area contributed by atoms with Crippen LogP contribution in [-0.2, 0) is 34.9 Å². The van der Waals surface area contributed by atoms with E-state index >= 15 is 0 Å². The second-order valence-electron chi connectivity index (χ2n) is 14.3. The summed E-state index contributed by atoms with van der Waals surface area (Å²) >= 11 is 0. The maximum absolute atomic E-state index is 13.8. The smallest absolute Gasteiger partial charge is 0.198 e. The molecule has 2 aromatic carbocycles. The number of rotatable bonds is 5. The van der Waals surface area contributed by atoms with Gasteiger partial charge in [-0.25, -0.2) is 0 Å². The van der Waals surface area contributed by atoms with Crippen molar-refractivity contribution in [1.29, 1.82) is 0 Å². The zero-order chi connectivity index (χ0) is 34.9. The molecule has 12 heteroatoms. The third-order valence-electron chi connectivity index (χ3n) is 10.5. The molecule has 3 saturated heterocycles. The van der Waals surface area contributed by atoms with Crippen LogP contribution in [0.2, 0.25) is 0 Å². The molecule has 3 aliphatic heterocycles. The Bertz CT molecular complexity index is 1700. The van der Waals surface area contributed by atoms with Gasteiger partial charge in [0.1, 0.15) is 18.0 Å². The van der Waals surface area contributed by atoms with E-state index in [1.54, 1.807) is 26.8 Å². The molecule has 3 N–H and O–H groups in total. The molecule has 49 heavy (non-hydrogen) atoms. The summed E-state index contributed by atoms with van der Waals surface area (Å²) in [7, 11) is 0. The number of carbonyl (C=O) groups excluding carboxylic acids is 4. The summed E-state index contributed by atoms with van der Waals surface area (Å²) in [5.41, 5.74) is -0.501. The Morgan fingerprint density at radius 3 is 2.20 bits per heavy atom. The van der Waals surface area contributed by atoms with Gasteiger partial charge in [-0.1, -0.05) is 12.1 Å². The number of hydrogen-bond donors (Lipinski definition) is 3. The zero-order valence-corrected chi connectivity index (χ0v) is 28.0. The van der Waals surface area contributed by atoms with Crippen LogP contribution in [0.5, 0.6) is 5.75 Å². The minimum atomic E-state index is -1.25. The first-order chi connectivity index (χ1) is 23.2. The fourth-order valence-corrected chi connectivity index (χ4v) is 7.97. The van der Waals surface area contributed by atoms with Crippen LogP contribution in [-0.4, -0.2) is 93.3 Å². The van der Waals surface area contributed by atoms with Crippen molar-refractivity contribution >= 4 is 23.1 Å². The number of hydrogen-bond acceptors (Lipinski definition) is 12. The molecule has 10 unspecified atom stereocenters. The van der Waals surface area contributed by atoms with Crippen molar-refractivity contribution < 1.29 is 58.2 Å². The first kappa shape index (κ1) is 34.1. The molecule has 10 atom stereocenters. The number of phenolic OH excluding ortho intramolecular Hbond substituents is 1. The van der Waals surface area contributed by atoms with E-state index in [2.05, 4.69) is 0 Å². The topological polar surface area (TPSA) is 175 Å². The molecule has 3 fully saturated rings. The number of phenols is 1. The van der Waals surface area contributed by atoms with Crippen molar-refractivity contribution in [2.45, 2.75) is 134 Å². The lowest BCUT2D eigenvalue weighted by atomic mass is 9.73. The van der Waals surface area contributed by atoms with E-state index in [4.69, 9.17) is 23.7 Å². The average Bonchev–Trinajstić information content (AvgIpc) is 3.03. The molecule has 0 amide bonds. The highest BCUT2D eigenvalue weighted by molar-refractivity contribution is 6.32. The van der Waals surface area contributed by atoms with Crippen molar-refractivity contribution in [3.8, 4) is 5.75 Å². The van der Waals surface area contributed by atoms with Crippen LogP contribution >= 0.6 is 0 Å². The third kappa shape index (κ3) is 6.18. The Labute approximate surface area is 283 Å². The third-order valence-corrected chi connectivity index (χ3v) is 10.5. The second kappa shape index (κ2) is 12.8. The summed E-state index contributed by atoms with van der Waals surface area (Å²) in [5, 5.41) is 33.2. The fourth-order valence-electron chi connectivity index (χ4n) is 7.97. The maximum Gasteiger partial charge on any atom is 0.198 e. The summed E-state index contributed by atoms with van der Waals surface area (Å²) < 4.78 is 30.3. The van der Waals surface area contributed by atoms with E-state index in [1.807, 2.05) is 6.92 Å². The van der Waals surface area contributed by atoms with Gasteiger partial charge >= 0.3 is 0 Å². The molecule has 0 bridgehead atoms. The predicted molar refractivity (Wildman–Crippen MR) is 170 cm³/mol. The number of aliphatic hydroxyl groups excluding tert-OH is 1. The summed E-state index contributed by atoms with van der Waals surface area (Å²) in [6, 6.07) is 6.01. The quantitative estimate of drug-likeness (QED) is 0.358. The maximum atomic E-state index is 13.8. The van der Waals surface area contributed by atoms with E-state index in [9.17, 15) is 34.5 Å². The van der Waals surface area contributed by atoms with Crippen LogP contribution in [0.15, 0.2) is 24.3 Å². The molecule has 5 aliphatic rings. The van der Waals surface area contributed by atoms with Crippen LogP contribution in [0.3, 0.4) is 0 Å². The number of aromatic hydroxyl groups is 1. The van der Waals surface area contributed by atoms with Crippen LogP contribution in [0.25, 0.3) is 0 Å². The lowest BCUT2D eigenvalue weighted by Crippen LogP contribution is -2.50. The van der Waals surface area contributed by atoms with Crippen molar-refractivity contribution in [2.75, 3.05) is 0 Å². The zero-order valence-electron chi connectivity index (χ0n) is 28.0. The lowest BCUT2D eigenvalue weighted by molar-refractivity contribution is -0.298. The first-order valence-electron chi connectivity index (χ1n) is 17.1. The van der Waals surface area contributed by atoms with Gasteiger partial charge < -0.3 is 39.0 Å². The number of ketones is 4. The molecule has 262 valence electrons. The van der Waals surface area contributed by atoms with Gasteiger partial charge in [-0.05, 0) is 51.8 Å². The minimum Gasteiger partial charge on any atom is -0.507 e. The first-order valence-corrected chi connectivity index (χ1v) is 17.1. The number of ether oxygens (including phenoxy) is 5. The van der Waals surface area contributed by atoms with Crippen LogP contribution in [0.1, 0.15) is 126 Å². The predicted octanol–water partition coefficient (Wildman–Crippen LogP) is 3.65. The molecule has 3 heterocycles. The van der Waals surface area contributed by atoms with Crippen LogP contribution < -0.4 is 0 Å². The van der Waals surface area contributed by atoms with Gasteiger partial charge in [-0.15, -0.1) is 0 Å². The Morgan fingerprint density at radius 2 is 1.49 bits per heavy atom. The van der Waals surface area contributed by atoms with Crippen LogP contribution in [0, 0.1) is 0 Å². The molecule has 7 rings (SSSR count). The van der Waals surface area contributed by atoms with Gasteiger partial charge in [-0.2, -0.15) is 0 Å². The van der Waals surface area contributed by atoms with Crippen molar-refractivity contribution in [1.82, 2.24) is 0 Å². The van der Waals surface area contributed by atoms with Gasteiger partial charge in [-0.3, -0.25) is 19.2 Å². The fraction of sp³-hybridized carbons (Fsp3) is 0.568. The number of Topliss-reactive ketones (excluding diaryl/α,β-unsaturated/α-hetero) is 2. The van der Waals surface area contributed by atoms with Crippen molar-refractivity contribution in [3.05, 3.63) is 63.2 Å². The number of benzene rings is 2.